The first kappa shape index (κ1) is 13.0. The highest BCUT2D eigenvalue weighted by atomic mass is 14.7. The highest BCUT2D eigenvalue weighted by Gasteiger charge is 2.60. The van der Waals surface area contributed by atoms with Crippen LogP contribution in [0.3, 0.4) is 0 Å². The summed E-state index contributed by atoms with van der Waals surface area (Å²) in [6.07, 6.45) is 13.9. The van der Waals surface area contributed by atoms with Gasteiger partial charge in [0.2, 0.25) is 0 Å². The molecule has 3 aliphatic rings. The van der Waals surface area contributed by atoms with Crippen LogP contribution in [0.4, 0.5) is 0 Å². The highest BCUT2D eigenvalue weighted by Crippen LogP contribution is 2.70. The van der Waals surface area contributed by atoms with Crippen molar-refractivity contribution < 1.29 is 0 Å². The lowest BCUT2D eigenvalue weighted by atomic mass is 9.67. The maximum Gasteiger partial charge on any atom is -0.0261 e. The summed E-state index contributed by atoms with van der Waals surface area (Å²) >= 11 is 0. The first-order valence-electron chi connectivity index (χ1n) is 8.61. The molecule has 0 bridgehead atoms. The van der Waals surface area contributed by atoms with Gasteiger partial charge in [0.25, 0.3) is 0 Å². The van der Waals surface area contributed by atoms with Crippen molar-refractivity contribution in [2.45, 2.75) is 78.6 Å². The van der Waals surface area contributed by atoms with E-state index in [2.05, 4.69) is 20.8 Å². The van der Waals surface area contributed by atoms with Gasteiger partial charge < -0.3 is 0 Å². The number of hydrogen-bond donors (Lipinski definition) is 0. The monoisotopic (exact) mass is 248 g/mol. The van der Waals surface area contributed by atoms with E-state index < -0.39 is 0 Å². The fraction of sp³-hybridized carbons (Fsp3) is 1.00. The van der Waals surface area contributed by atoms with Gasteiger partial charge in [0.1, 0.15) is 0 Å². The maximum atomic E-state index is 2.50. The van der Waals surface area contributed by atoms with E-state index in [1.165, 1.54) is 12.8 Å². The molecule has 3 unspecified atom stereocenters. The second kappa shape index (κ2) is 4.84. The zero-order valence-corrected chi connectivity index (χ0v) is 12.8. The van der Waals surface area contributed by atoms with Crippen LogP contribution < -0.4 is 0 Å². The first-order chi connectivity index (χ1) is 8.61. The van der Waals surface area contributed by atoms with Crippen LogP contribution in [0.5, 0.6) is 0 Å². The minimum atomic E-state index is 0.892. The normalized spacial score (nSPS) is 41.5. The van der Waals surface area contributed by atoms with Crippen molar-refractivity contribution in [3.05, 3.63) is 0 Å². The smallest absolute Gasteiger partial charge is 0.0261 e. The molecule has 0 aromatic heterocycles. The van der Waals surface area contributed by atoms with Gasteiger partial charge in [-0.15, -0.1) is 0 Å². The molecule has 0 aliphatic heterocycles. The third-order valence-electron chi connectivity index (χ3n) is 6.30. The molecule has 0 radical (unpaired) electrons. The predicted octanol–water partition coefficient (Wildman–Crippen LogP) is 5.67. The van der Waals surface area contributed by atoms with Crippen molar-refractivity contribution in [2.75, 3.05) is 0 Å². The third kappa shape index (κ3) is 2.78. The molecule has 0 N–H and O–H groups in total. The van der Waals surface area contributed by atoms with Crippen LogP contribution in [-0.2, 0) is 0 Å². The molecule has 3 fully saturated rings. The predicted molar refractivity (Wildman–Crippen MR) is 78.5 cm³/mol. The number of hydrogen-bond acceptors (Lipinski definition) is 0. The van der Waals surface area contributed by atoms with Crippen LogP contribution in [0, 0.1) is 35.0 Å². The largest absolute Gasteiger partial charge is 0.0651 e. The zero-order valence-electron chi connectivity index (χ0n) is 12.8. The lowest BCUT2D eigenvalue weighted by molar-refractivity contribution is 0.127. The molecule has 0 amide bonds. The van der Waals surface area contributed by atoms with Gasteiger partial charge >= 0.3 is 0 Å². The molecule has 104 valence electrons. The highest BCUT2D eigenvalue weighted by molar-refractivity contribution is 5.10. The number of rotatable bonds is 7. The lowest BCUT2D eigenvalue weighted by Crippen LogP contribution is -2.27. The molecule has 3 aliphatic carbocycles. The van der Waals surface area contributed by atoms with Gasteiger partial charge in [-0.05, 0) is 73.5 Å². The first-order valence-corrected chi connectivity index (χ1v) is 8.61. The fourth-order valence-corrected chi connectivity index (χ4v) is 4.78. The van der Waals surface area contributed by atoms with Gasteiger partial charge in [-0.1, -0.05) is 40.0 Å². The average molecular weight is 248 g/mol. The molecule has 0 aromatic rings. The maximum absolute atomic E-state index is 2.50. The summed E-state index contributed by atoms with van der Waals surface area (Å²) in [6.45, 7) is 7.26. The topological polar surface area (TPSA) is 0 Å². The van der Waals surface area contributed by atoms with E-state index in [9.17, 15) is 0 Å². The Kier molecular flexibility index (Phi) is 3.49. The van der Waals surface area contributed by atoms with E-state index >= 15 is 0 Å². The van der Waals surface area contributed by atoms with E-state index in [1.807, 2.05) is 0 Å². The molecule has 0 saturated heterocycles. The van der Waals surface area contributed by atoms with Crippen molar-refractivity contribution in [1.82, 2.24) is 0 Å². The van der Waals surface area contributed by atoms with Crippen molar-refractivity contribution >= 4 is 0 Å². The van der Waals surface area contributed by atoms with Crippen molar-refractivity contribution in [2.24, 2.45) is 35.0 Å². The summed E-state index contributed by atoms with van der Waals surface area (Å²) in [5.74, 6) is 5.36. The SMILES string of the molecule is CCC(C)CC(C)CC1CC12CC(CC1CC1)C2. The van der Waals surface area contributed by atoms with Gasteiger partial charge in [0, 0.05) is 0 Å². The second-order valence-corrected chi connectivity index (χ2v) is 8.31. The quantitative estimate of drug-likeness (QED) is 0.545. The van der Waals surface area contributed by atoms with Gasteiger partial charge in [-0.3, -0.25) is 0 Å². The molecular weight excluding hydrogens is 216 g/mol. The van der Waals surface area contributed by atoms with E-state index in [-0.39, 0.29) is 0 Å². The molecule has 0 heterocycles. The summed E-state index contributed by atoms with van der Waals surface area (Å²) in [6, 6.07) is 0. The van der Waals surface area contributed by atoms with Gasteiger partial charge in [-0.2, -0.15) is 0 Å². The Hall–Kier alpha value is 0. The molecule has 3 saturated carbocycles. The summed E-state index contributed by atoms with van der Waals surface area (Å²) in [5.41, 5.74) is 0.892. The van der Waals surface area contributed by atoms with Crippen LogP contribution in [0.15, 0.2) is 0 Å². The van der Waals surface area contributed by atoms with E-state index in [4.69, 9.17) is 0 Å². The molecule has 18 heavy (non-hydrogen) atoms. The van der Waals surface area contributed by atoms with Crippen molar-refractivity contribution in [1.29, 1.82) is 0 Å². The molecule has 0 aromatic carbocycles. The zero-order chi connectivity index (χ0) is 12.8. The van der Waals surface area contributed by atoms with E-state index in [1.54, 1.807) is 44.9 Å². The van der Waals surface area contributed by atoms with Gasteiger partial charge in [0.15, 0.2) is 0 Å². The van der Waals surface area contributed by atoms with E-state index in [0.717, 1.165) is 35.0 Å². The minimum absolute atomic E-state index is 0.892. The Balaban J connectivity index is 1.34. The molecule has 3 atom stereocenters. The summed E-state index contributed by atoms with van der Waals surface area (Å²) < 4.78 is 0. The van der Waals surface area contributed by atoms with Gasteiger partial charge in [0.05, 0.1) is 0 Å². The summed E-state index contributed by atoms with van der Waals surface area (Å²) in [5, 5.41) is 0. The van der Waals surface area contributed by atoms with E-state index in [0.29, 0.717) is 0 Å². The van der Waals surface area contributed by atoms with Crippen molar-refractivity contribution in [3.63, 3.8) is 0 Å². The Morgan fingerprint density at radius 1 is 1.00 bits per heavy atom. The molecule has 3 rings (SSSR count). The van der Waals surface area contributed by atoms with Crippen LogP contribution in [0.1, 0.15) is 78.6 Å². The van der Waals surface area contributed by atoms with Crippen LogP contribution in [0.2, 0.25) is 0 Å². The minimum Gasteiger partial charge on any atom is -0.0651 e. The van der Waals surface area contributed by atoms with Crippen molar-refractivity contribution in [3.8, 4) is 0 Å². The van der Waals surface area contributed by atoms with Crippen LogP contribution in [0.25, 0.3) is 0 Å². The molecule has 0 heteroatoms. The Labute approximate surface area is 114 Å². The third-order valence-corrected chi connectivity index (χ3v) is 6.30. The Morgan fingerprint density at radius 3 is 2.33 bits per heavy atom. The van der Waals surface area contributed by atoms with Gasteiger partial charge in [-0.25, -0.2) is 0 Å². The molecular formula is C18H32. The fourth-order valence-electron chi connectivity index (χ4n) is 4.78. The molecule has 1 spiro atoms. The standard InChI is InChI=1S/C18H32/c1-4-13(2)7-14(3)8-17-12-18(17)10-16(11-18)9-15-5-6-15/h13-17H,4-12H2,1-3H3. The second-order valence-electron chi connectivity index (χ2n) is 8.31. The summed E-state index contributed by atoms with van der Waals surface area (Å²) in [7, 11) is 0. The Morgan fingerprint density at radius 2 is 1.72 bits per heavy atom. The molecule has 0 nitrogen and oxygen atoms in total. The van der Waals surface area contributed by atoms with Crippen LogP contribution in [-0.4, -0.2) is 0 Å². The summed E-state index contributed by atoms with van der Waals surface area (Å²) in [4.78, 5) is 0. The van der Waals surface area contributed by atoms with Crippen LogP contribution >= 0.6 is 0 Å². The Bertz CT molecular complexity index is 282. The lowest BCUT2D eigenvalue weighted by Gasteiger charge is -2.38. The average Bonchev–Trinajstić information content (AvgIpc) is 3.15.